The number of aliphatic hydroxyl groups is 1. The molecule has 0 fully saturated rings. The largest absolute Gasteiger partial charge is 0.386 e. The molecule has 0 bridgehead atoms. The lowest BCUT2D eigenvalue weighted by Gasteiger charge is -2.20. The Labute approximate surface area is 128 Å². The fourth-order valence-corrected chi connectivity index (χ4v) is 4.23. The van der Waals surface area contributed by atoms with Crippen molar-refractivity contribution >= 4 is 23.4 Å². The van der Waals surface area contributed by atoms with Crippen LogP contribution >= 0.6 is 23.4 Å². The first kappa shape index (κ1) is 14.0. The lowest BCUT2D eigenvalue weighted by Crippen LogP contribution is -2.16. The Morgan fingerprint density at radius 3 is 3.10 bits per heavy atom. The molecule has 2 unspecified atom stereocenters. The molecule has 1 aromatic carbocycles. The second kappa shape index (κ2) is 5.80. The summed E-state index contributed by atoms with van der Waals surface area (Å²) in [7, 11) is 0. The molecular weight excluding hydrogens is 292 g/mol. The van der Waals surface area contributed by atoms with Gasteiger partial charge in [-0.15, -0.1) is 11.8 Å². The van der Waals surface area contributed by atoms with E-state index in [1.807, 2.05) is 16.8 Å². The average Bonchev–Trinajstić information content (AvgIpc) is 3.03. The van der Waals surface area contributed by atoms with Gasteiger partial charge in [0, 0.05) is 23.1 Å². The van der Waals surface area contributed by atoms with Crippen LogP contribution in [0.25, 0.3) is 0 Å². The Balaban J connectivity index is 1.94. The molecule has 2 aromatic rings. The van der Waals surface area contributed by atoms with Gasteiger partial charge in [0.25, 0.3) is 0 Å². The van der Waals surface area contributed by atoms with Crippen molar-refractivity contribution < 1.29 is 5.11 Å². The van der Waals surface area contributed by atoms with Crippen LogP contribution in [-0.2, 0) is 6.54 Å². The van der Waals surface area contributed by atoms with E-state index in [9.17, 15) is 5.11 Å². The van der Waals surface area contributed by atoms with Crippen molar-refractivity contribution in [3.63, 3.8) is 0 Å². The number of aryl methyl sites for hydroxylation is 1. The summed E-state index contributed by atoms with van der Waals surface area (Å²) in [4.78, 5) is 1.26. The number of nitrogens with zero attached hydrogens (tertiary/aromatic N) is 2. The van der Waals surface area contributed by atoms with Crippen molar-refractivity contribution in [2.24, 2.45) is 0 Å². The highest BCUT2D eigenvalue weighted by molar-refractivity contribution is 7.99. The van der Waals surface area contributed by atoms with E-state index in [2.05, 4.69) is 24.2 Å². The molecule has 2 heterocycles. The van der Waals surface area contributed by atoms with Crippen molar-refractivity contribution in [2.75, 3.05) is 5.75 Å². The SMILES string of the molecule is CCCn1ncc(Cl)c1C(O)C1CSc2ccccc21. The molecule has 0 spiro atoms. The summed E-state index contributed by atoms with van der Waals surface area (Å²) in [5.41, 5.74) is 1.96. The summed E-state index contributed by atoms with van der Waals surface area (Å²) in [6.45, 7) is 2.87. The van der Waals surface area contributed by atoms with Crippen LogP contribution < -0.4 is 0 Å². The number of benzene rings is 1. The quantitative estimate of drug-likeness (QED) is 0.931. The molecule has 1 aliphatic heterocycles. The average molecular weight is 309 g/mol. The van der Waals surface area contributed by atoms with Crippen molar-refractivity contribution in [3.05, 3.63) is 46.7 Å². The summed E-state index contributed by atoms with van der Waals surface area (Å²) in [5, 5.41) is 15.6. The predicted octanol–water partition coefficient (Wildman–Crippen LogP) is 3.87. The normalized spacial score (nSPS) is 19.1. The van der Waals surface area contributed by atoms with Gasteiger partial charge in [-0.1, -0.05) is 36.7 Å². The summed E-state index contributed by atoms with van der Waals surface area (Å²) in [5.74, 6) is 0.967. The molecule has 0 aliphatic carbocycles. The fourth-order valence-electron chi connectivity index (χ4n) is 2.70. The molecule has 0 saturated heterocycles. The van der Waals surface area contributed by atoms with Gasteiger partial charge in [0.15, 0.2) is 0 Å². The molecule has 3 nitrogen and oxygen atoms in total. The summed E-state index contributed by atoms with van der Waals surface area (Å²) in [6, 6.07) is 8.26. The third kappa shape index (κ3) is 2.36. The second-order valence-corrected chi connectivity index (χ2v) is 6.47. The zero-order chi connectivity index (χ0) is 14.1. The highest BCUT2D eigenvalue weighted by atomic mass is 35.5. The van der Waals surface area contributed by atoms with Gasteiger partial charge in [0.2, 0.25) is 0 Å². The predicted molar refractivity (Wildman–Crippen MR) is 82.4 cm³/mol. The maximum absolute atomic E-state index is 10.8. The molecule has 1 N–H and O–H groups in total. The lowest BCUT2D eigenvalue weighted by atomic mass is 9.93. The zero-order valence-electron chi connectivity index (χ0n) is 11.3. The van der Waals surface area contributed by atoms with Crippen LogP contribution in [0.3, 0.4) is 0 Å². The van der Waals surface area contributed by atoms with Crippen LogP contribution in [0.5, 0.6) is 0 Å². The summed E-state index contributed by atoms with van der Waals surface area (Å²) >= 11 is 8.02. The molecule has 20 heavy (non-hydrogen) atoms. The van der Waals surface area contributed by atoms with Crippen LogP contribution in [0.2, 0.25) is 5.02 Å². The van der Waals surface area contributed by atoms with Crippen LogP contribution in [-0.4, -0.2) is 20.6 Å². The van der Waals surface area contributed by atoms with Gasteiger partial charge in [-0.05, 0) is 18.1 Å². The third-order valence-electron chi connectivity index (χ3n) is 3.67. The first-order valence-electron chi connectivity index (χ1n) is 6.83. The Hall–Kier alpha value is -0.970. The van der Waals surface area contributed by atoms with Gasteiger partial charge < -0.3 is 5.11 Å². The molecule has 2 atom stereocenters. The maximum atomic E-state index is 10.8. The van der Waals surface area contributed by atoms with Crippen LogP contribution in [0.1, 0.15) is 36.6 Å². The van der Waals surface area contributed by atoms with E-state index in [0.717, 1.165) is 24.4 Å². The third-order valence-corrected chi connectivity index (χ3v) is 5.17. The van der Waals surface area contributed by atoms with E-state index in [0.29, 0.717) is 5.02 Å². The first-order valence-corrected chi connectivity index (χ1v) is 8.19. The number of hydrogen-bond donors (Lipinski definition) is 1. The standard InChI is InChI=1S/C15H17ClN2OS/c1-2-7-18-14(12(16)8-17-18)15(19)11-9-20-13-6-4-3-5-10(11)13/h3-6,8,11,15,19H,2,7,9H2,1H3. The van der Waals surface area contributed by atoms with Gasteiger partial charge in [0.05, 0.1) is 16.9 Å². The first-order chi connectivity index (χ1) is 9.72. The monoisotopic (exact) mass is 308 g/mol. The number of halogens is 1. The molecule has 0 saturated carbocycles. The molecule has 5 heteroatoms. The van der Waals surface area contributed by atoms with Crippen molar-refractivity contribution in [1.29, 1.82) is 0 Å². The van der Waals surface area contributed by atoms with Gasteiger partial charge in [-0.25, -0.2) is 0 Å². The Morgan fingerprint density at radius 1 is 1.50 bits per heavy atom. The summed E-state index contributed by atoms with van der Waals surface area (Å²) < 4.78 is 1.83. The topological polar surface area (TPSA) is 38.0 Å². The molecule has 1 aliphatic rings. The number of aliphatic hydroxyl groups excluding tert-OH is 1. The number of aromatic nitrogens is 2. The van der Waals surface area contributed by atoms with E-state index in [1.54, 1.807) is 18.0 Å². The minimum atomic E-state index is -0.604. The molecule has 0 amide bonds. The van der Waals surface area contributed by atoms with Crippen LogP contribution in [0.15, 0.2) is 35.4 Å². The molecule has 1 aromatic heterocycles. The van der Waals surface area contributed by atoms with E-state index < -0.39 is 6.10 Å². The van der Waals surface area contributed by atoms with E-state index in [4.69, 9.17) is 11.6 Å². The number of fused-ring (bicyclic) bond motifs is 1. The number of hydrogen-bond acceptors (Lipinski definition) is 3. The smallest absolute Gasteiger partial charge is 0.105 e. The zero-order valence-corrected chi connectivity index (χ0v) is 12.9. The van der Waals surface area contributed by atoms with Gasteiger partial charge >= 0.3 is 0 Å². The minimum Gasteiger partial charge on any atom is -0.386 e. The Kier molecular flexibility index (Phi) is 4.06. The maximum Gasteiger partial charge on any atom is 0.105 e. The highest BCUT2D eigenvalue weighted by Crippen LogP contribution is 2.46. The molecule has 0 radical (unpaired) electrons. The van der Waals surface area contributed by atoms with Crippen LogP contribution in [0, 0.1) is 0 Å². The molecule has 3 rings (SSSR count). The van der Waals surface area contributed by atoms with Gasteiger partial charge in [0.1, 0.15) is 6.10 Å². The van der Waals surface area contributed by atoms with Gasteiger partial charge in [-0.3, -0.25) is 4.68 Å². The minimum absolute atomic E-state index is 0.0843. The van der Waals surface area contributed by atoms with E-state index in [1.165, 1.54) is 10.5 Å². The highest BCUT2D eigenvalue weighted by Gasteiger charge is 2.33. The van der Waals surface area contributed by atoms with Crippen molar-refractivity contribution in [2.45, 2.75) is 36.8 Å². The fraction of sp³-hybridized carbons (Fsp3) is 0.400. The van der Waals surface area contributed by atoms with Crippen molar-refractivity contribution in [1.82, 2.24) is 9.78 Å². The summed E-state index contributed by atoms with van der Waals surface area (Å²) in [6.07, 6.45) is 1.99. The second-order valence-electron chi connectivity index (χ2n) is 5.00. The molecule has 106 valence electrons. The van der Waals surface area contributed by atoms with Gasteiger partial charge in [-0.2, -0.15) is 5.10 Å². The number of thioether (sulfide) groups is 1. The Morgan fingerprint density at radius 2 is 2.30 bits per heavy atom. The van der Waals surface area contributed by atoms with E-state index in [-0.39, 0.29) is 5.92 Å². The number of rotatable bonds is 4. The Bertz CT molecular complexity index is 614. The van der Waals surface area contributed by atoms with Crippen LogP contribution in [0.4, 0.5) is 0 Å². The molecular formula is C15H17ClN2OS. The van der Waals surface area contributed by atoms with E-state index >= 15 is 0 Å². The van der Waals surface area contributed by atoms with Crippen molar-refractivity contribution in [3.8, 4) is 0 Å². The lowest BCUT2D eigenvalue weighted by molar-refractivity contribution is 0.143.